The number of rotatable bonds is 5. The van der Waals surface area contributed by atoms with Gasteiger partial charge in [0, 0.05) is 18.5 Å². The van der Waals surface area contributed by atoms with Crippen molar-refractivity contribution in [1.29, 1.82) is 0 Å². The highest BCUT2D eigenvalue weighted by molar-refractivity contribution is 6.32. The third-order valence-corrected chi connectivity index (χ3v) is 4.65. The highest BCUT2D eigenvalue weighted by Gasteiger charge is 2.32. The first kappa shape index (κ1) is 19.5. The summed E-state index contributed by atoms with van der Waals surface area (Å²) in [6.45, 7) is 10.7. The van der Waals surface area contributed by atoms with Gasteiger partial charge in [-0.15, -0.1) is 0 Å². The summed E-state index contributed by atoms with van der Waals surface area (Å²) in [6, 6.07) is 5.93. The lowest BCUT2D eigenvalue weighted by Crippen LogP contribution is -2.36. The first-order valence-corrected chi connectivity index (χ1v) is 9.42. The van der Waals surface area contributed by atoms with E-state index in [4.69, 9.17) is 21.1 Å². The molecular formula is C20H26ClN3O3. The van der Waals surface area contributed by atoms with Crippen LogP contribution in [0.15, 0.2) is 29.2 Å². The fraction of sp³-hybridized carbons (Fsp3) is 0.500. The smallest absolute Gasteiger partial charge is 0.288 e. The van der Waals surface area contributed by atoms with Gasteiger partial charge in [-0.05, 0) is 40.7 Å². The van der Waals surface area contributed by atoms with Crippen LogP contribution in [-0.2, 0) is 12.0 Å². The Morgan fingerprint density at radius 2 is 2.11 bits per heavy atom. The van der Waals surface area contributed by atoms with Crippen molar-refractivity contribution >= 4 is 17.3 Å². The lowest BCUT2D eigenvalue weighted by atomic mass is 10.0. The summed E-state index contributed by atoms with van der Waals surface area (Å²) >= 11 is 6.21. The molecule has 1 aromatic carbocycles. The minimum Gasteiger partial charge on any atom is -0.488 e. The van der Waals surface area contributed by atoms with Crippen LogP contribution in [-0.4, -0.2) is 28.5 Å². The average Bonchev–Trinajstić information content (AvgIpc) is 2.88. The van der Waals surface area contributed by atoms with Gasteiger partial charge in [-0.1, -0.05) is 23.7 Å². The summed E-state index contributed by atoms with van der Waals surface area (Å²) in [4.78, 5) is 12.4. The van der Waals surface area contributed by atoms with E-state index in [2.05, 4.69) is 30.3 Å². The monoisotopic (exact) mass is 391 g/mol. The van der Waals surface area contributed by atoms with Gasteiger partial charge in [0.25, 0.3) is 5.56 Å². The second-order valence-electron chi connectivity index (χ2n) is 8.32. The maximum absolute atomic E-state index is 12.4. The third kappa shape index (κ3) is 4.21. The quantitative estimate of drug-likeness (QED) is 0.784. The molecule has 6 nitrogen and oxygen atoms in total. The van der Waals surface area contributed by atoms with Crippen LogP contribution in [0.25, 0.3) is 0 Å². The van der Waals surface area contributed by atoms with Crippen LogP contribution in [0.5, 0.6) is 11.5 Å². The van der Waals surface area contributed by atoms with Gasteiger partial charge >= 0.3 is 0 Å². The fourth-order valence-corrected chi connectivity index (χ4v) is 3.28. The summed E-state index contributed by atoms with van der Waals surface area (Å²) < 4.78 is 13.3. The Labute approximate surface area is 164 Å². The highest BCUT2D eigenvalue weighted by atomic mass is 35.5. The molecule has 0 spiro atoms. The second kappa shape index (κ2) is 7.08. The first-order valence-electron chi connectivity index (χ1n) is 9.04. The Morgan fingerprint density at radius 1 is 1.37 bits per heavy atom. The van der Waals surface area contributed by atoms with Crippen LogP contribution in [0, 0.1) is 0 Å². The van der Waals surface area contributed by atoms with E-state index >= 15 is 0 Å². The molecule has 2 aromatic rings. The SMILES string of the molecule is CC1(C)Cc2cccc(OCCNc3cnn(C(C)(C)C)c(=O)c3Cl)c2O1. The van der Waals surface area contributed by atoms with Crippen LogP contribution >= 0.6 is 11.6 Å². The second-order valence-corrected chi connectivity index (χ2v) is 8.70. The molecule has 0 amide bonds. The fourth-order valence-electron chi connectivity index (χ4n) is 3.08. The van der Waals surface area contributed by atoms with Crippen molar-refractivity contribution < 1.29 is 9.47 Å². The molecule has 0 bridgehead atoms. The van der Waals surface area contributed by atoms with E-state index in [-0.39, 0.29) is 16.2 Å². The molecule has 1 aromatic heterocycles. The topological polar surface area (TPSA) is 65.4 Å². The van der Waals surface area contributed by atoms with Gasteiger partial charge in [0.2, 0.25) is 0 Å². The number of benzene rings is 1. The van der Waals surface area contributed by atoms with Crippen molar-refractivity contribution in [2.45, 2.75) is 52.2 Å². The number of nitrogens with one attached hydrogen (secondary N) is 1. The molecule has 1 aliphatic rings. The molecule has 0 saturated carbocycles. The first-order chi connectivity index (χ1) is 12.6. The molecule has 3 rings (SSSR count). The number of aromatic nitrogens is 2. The van der Waals surface area contributed by atoms with Crippen molar-refractivity contribution in [2.24, 2.45) is 0 Å². The lowest BCUT2D eigenvalue weighted by Gasteiger charge is -2.21. The normalized spacial score (nSPS) is 15.2. The molecule has 0 aliphatic carbocycles. The number of hydrogen-bond donors (Lipinski definition) is 1. The number of fused-ring (bicyclic) bond motifs is 1. The summed E-state index contributed by atoms with van der Waals surface area (Å²) in [5.41, 5.74) is 0.705. The van der Waals surface area contributed by atoms with Gasteiger partial charge in [0.05, 0.1) is 17.4 Å². The molecule has 0 radical (unpaired) electrons. The zero-order valence-corrected chi connectivity index (χ0v) is 17.2. The Hall–Kier alpha value is -2.21. The molecule has 1 aliphatic heterocycles. The summed E-state index contributed by atoms with van der Waals surface area (Å²) in [5, 5.41) is 7.45. The number of nitrogens with zero attached hydrogens (tertiary/aromatic N) is 2. The van der Waals surface area contributed by atoms with E-state index in [9.17, 15) is 4.79 Å². The summed E-state index contributed by atoms with van der Waals surface area (Å²) in [6.07, 6.45) is 2.43. The average molecular weight is 392 g/mol. The van der Waals surface area contributed by atoms with Crippen molar-refractivity contribution in [2.75, 3.05) is 18.5 Å². The van der Waals surface area contributed by atoms with Crippen molar-refractivity contribution in [3.63, 3.8) is 0 Å². The zero-order valence-electron chi connectivity index (χ0n) is 16.4. The zero-order chi connectivity index (χ0) is 19.8. The maximum Gasteiger partial charge on any atom is 0.288 e. The third-order valence-electron chi connectivity index (χ3n) is 4.28. The minimum absolute atomic E-state index is 0.130. The lowest BCUT2D eigenvalue weighted by molar-refractivity contribution is 0.132. The molecular weight excluding hydrogens is 366 g/mol. The molecule has 2 heterocycles. The van der Waals surface area contributed by atoms with E-state index in [0.717, 1.165) is 23.5 Å². The van der Waals surface area contributed by atoms with E-state index in [1.807, 2.05) is 32.9 Å². The molecule has 0 unspecified atom stereocenters. The molecule has 0 atom stereocenters. The molecule has 1 N–H and O–H groups in total. The van der Waals surface area contributed by atoms with Gasteiger partial charge < -0.3 is 14.8 Å². The van der Waals surface area contributed by atoms with Crippen molar-refractivity contribution in [3.05, 3.63) is 45.3 Å². The maximum atomic E-state index is 12.4. The van der Waals surface area contributed by atoms with E-state index in [1.165, 1.54) is 4.68 Å². The van der Waals surface area contributed by atoms with Crippen LogP contribution in [0.2, 0.25) is 5.02 Å². The standard InChI is InChI=1S/C20H26ClN3O3/c1-19(2,3)24-18(25)16(21)14(12-23-24)22-9-10-26-15-8-6-7-13-11-20(4,5)27-17(13)15/h6-8,12,22H,9-11H2,1-5H3. The molecule has 7 heteroatoms. The number of hydrogen-bond acceptors (Lipinski definition) is 5. The van der Waals surface area contributed by atoms with Gasteiger partial charge in [-0.25, -0.2) is 4.68 Å². The summed E-state index contributed by atoms with van der Waals surface area (Å²) in [5.74, 6) is 1.54. The van der Waals surface area contributed by atoms with E-state index < -0.39 is 5.54 Å². The Kier molecular flexibility index (Phi) is 5.12. The van der Waals surface area contributed by atoms with Crippen molar-refractivity contribution in [3.8, 4) is 11.5 Å². The Bertz CT molecular complexity index is 900. The Balaban J connectivity index is 1.62. The molecule has 146 valence electrons. The van der Waals surface area contributed by atoms with Gasteiger partial charge in [-0.2, -0.15) is 5.10 Å². The van der Waals surface area contributed by atoms with Gasteiger partial charge in [0.1, 0.15) is 17.2 Å². The van der Waals surface area contributed by atoms with Gasteiger partial charge in [-0.3, -0.25) is 4.79 Å². The minimum atomic E-state index is -0.427. The van der Waals surface area contributed by atoms with Crippen LogP contribution < -0.4 is 20.3 Å². The number of halogens is 1. The van der Waals surface area contributed by atoms with Gasteiger partial charge in [0.15, 0.2) is 11.5 Å². The van der Waals surface area contributed by atoms with E-state index in [0.29, 0.717) is 18.8 Å². The van der Waals surface area contributed by atoms with Crippen LogP contribution in [0.1, 0.15) is 40.2 Å². The van der Waals surface area contributed by atoms with Crippen LogP contribution in [0.4, 0.5) is 5.69 Å². The molecule has 27 heavy (non-hydrogen) atoms. The number of ether oxygens (including phenoxy) is 2. The van der Waals surface area contributed by atoms with Crippen LogP contribution in [0.3, 0.4) is 0 Å². The van der Waals surface area contributed by atoms with E-state index in [1.54, 1.807) is 6.20 Å². The predicted molar refractivity (Wildman–Crippen MR) is 107 cm³/mol. The molecule has 0 saturated heterocycles. The Morgan fingerprint density at radius 3 is 2.81 bits per heavy atom. The number of para-hydroxylation sites is 1. The van der Waals surface area contributed by atoms with Crippen molar-refractivity contribution in [1.82, 2.24) is 9.78 Å². The predicted octanol–water partition coefficient (Wildman–Crippen LogP) is 3.86. The number of anilines is 1. The highest BCUT2D eigenvalue weighted by Crippen LogP contribution is 2.41. The summed E-state index contributed by atoms with van der Waals surface area (Å²) in [7, 11) is 0. The largest absolute Gasteiger partial charge is 0.488 e. The molecule has 0 fully saturated rings.